The molecule has 3 rings (SSSR count). The van der Waals surface area contributed by atoms with Crippen LogP contribution in [0.15, 0.2) is 35.3 Å². The first-order valence-electron chi connectivity index (χ1n) is 6.32. The van der Waals surface area contributed by atoms with E-state index in [9.17, 15) is 4.79 Å². The monoisotopic (exact) mass is 309 g/mol. The van der Waals surface area contributed by atoms with Crippen LogP contribution in [0.3, 0.4) is 0 Å². The van der Waals surface area contributed by atoms with Crippen molar-refractivity contribution in [1.82, 2.24) is 9.78 Å². The van der Waals surface area contributed by atoms with Crippen molar-refractivity contribution in [2.45, 2.75) is 12.5 Å². The molecule has 0 aliphatic carbocycles. The van der Waals surface area contributed by atoms with Gasteiger partial charge in [-0.2, -0.15) is 5.10 Å². The van der Waals surface area contributed by atoms with Gasteiger partial charge in [-0.15, -0.1) is 0 Å². The summed E-state index contributed by atoms with van der Waals surface area (Å²) in [5, 5.41) is 4.98. The number of halogens is 2. The maximum absolute atomic E-state index is 11.8. The number of hydrogen-bond acceptors (Lipinski definition) is 3. The van der Waals surface area contributed by atoms with Crippen molar-refractivity contribution in [3.05, 3.63) is 56.4 Å². The average molecular weight is 310 g/mol. The molecular formula is C14H13Cl2N3O. The Morgan fingerprint density at radius 3 is 2.55 bits per heavy atom. The van der Waals surface area contributed by atoms with Crippen LogP contribution in [0.2, 0.25) is 10.0 Å². The van der Waals surface area contributed by atoms with E-state index in [4.69, 9.17) is 23.2 Å². The van der Waals surface area contributed by atoms with Gasteiger partial charge in [0.15, 0.2) is 0 Å². The number of anilines is 1. The molecule has 0 amide bonds. The molecule has 1 atom stereocenters. The fraction of sp³-hybridized carbons (Fsp3) is 0.286. The van der Waals surface area contributed by atoms with E-state index in [1.165, 1.54) is 4.68 Å². The Balaban J connectivity index is 1.94. The largest absolute Gasteiger partial charge is 0.362 e. The zero-order valence-electron chi connectivity index (χ0n) is 10.9. The van der Waals surface area contributed by atoms with Gasteiger partial charge in [0.05, 0.1) is 17.9 Å². The van der Waals surface area contributed by atoms with Gasteiger partial charge in [-0.05, 0) is 24.1 Å². The minimum atomic E-state index is -0.272. The van der Waals surface area contributed by atoms with Gasteiger partial charge < -0.3 is 4.90 Å². The molecule has 0 saturated carbocycles. The Labute approximate surface area is 126 Å². The number of aromatic nitrogens is 2. The number of rotatable bonds is 2. The van der Waals surface area contributed by atoms with E-state index in [0.717, 1.165) is 18.5 Å². The first kappa shape index (κ1) is 13.5. The minimum absolute atomic E-state index is 0.221. The smallest absolute Gasteiger partial charge is 0.287 e. The lowest BCUT2D eigenvalue weighted by molar-refractivity contribution is 0.463. The summed E-state index contributed by atoms with van der Waals surface area (Å²) in [4.78, 5) is 13.9. The lowest BCUT2D eigenvalue weighted by Crippen LogP contribution is -2.42. The molecule has 20 heavy (non-hydrogen) atoms. The van der Waals surface area contributed by atoms with Gasteiger partial charge in [-0.3, -0.25) is 4.79 Å². The highest BCUT2D eigenvalue weighted by Gasteiger charge is 2.31. The van der Waals surface area contributed by atoms with Crippen molar-refractivity contribution in [3.63, 3.8) is 0 Å². The van der Waals surface area contributed by atoms with Gasteiger partial charge in [-0.1, -0.05) is 35.3 Å². The zero-order valence-corrected chi connectivity index (χ0v) is 12.4. The van der Waals surface area contributed by atoms with Crippen LogP contribution < -0.4 is 10.5 Å². The second-order valence-electron chi connectivity index (χ2n) is 4.82. The Hall–Kier alpha value is -1.52. The highest BCUT2D eigenvalue weighted by atomic mass is 35.5. The van der Waals surface area contributed by atoms with Crippen molar-refractivity contribution < 1.29 is 0 Å². The SMILES string of the molecule is Cn1ncc(N2CCC2c2ccc(Cl)cc2)c(Cl)c1=O. The molecule has 0 bridgehead atoms. The quantitative estimate of drug-likeness (QED) is 0.856. The number of hydrogen-bond donors (Lipinski definition) is 0. The highest BCUT2D eigenvalue weighted by molar-refractivity contribution is 6.33. The number of aryl methyl sites for hydroxylation is 1. The molecule has 0 spiro atoms. The molecule has 1 fully saturated rings. The van der Waals surface area contributed by atoms with Crippen LogP contribution in [0.25, 0.3) is 0 Å². The minimum Gasteiger partial charge on any atom is -0.362 e. The molecule has 4 nitrogen and oxygen atoms in total. The molecule has 1 aliphatic heterocycles. The van der Waals surface area contributed by atoms with Gasteiger partial charge in [0.25, 0.3) is 5.56 Å². The van der Waals surface area contributed by atoms with E-state index >= 15 is 0 Å². The number of benzene rings is 1. The molecule has 1 aliphatic rings. The summed E-state index contributed by atoms with van der Waals surface area (Å²) < 4.78 is 1.24. The maximum atomic E-state index is 11.8. The van der Waals surface area contributed by atoms with Crippen molar-refractivity contribution in [2.24, 2.45) is 7.05 Å². The second kappa shape index (κ2) is 5.11. The molecule has 6 heteroatoms. The summed E-state index contributed by atoms with van der Waals surface area (Å²) in [5.41, 5.74) is 1.59. The third-order valence-electron chi connectivity index (χ3n) is 3.64. The van der Waals surface area contributed by atoms with Crippen LogP contribution in [-0.2, 0) is 7.05 Å². The highest BCUT2D eigenvalue weighted by Crippen LogP contribution is 2.39. The summed E-state index contributed by atoms with van der Waals surface area (Å²) in [6, 6.07) is 7.97. The third kappa shape index (κ3) is 2.19. The van der Waals surface area contributed by atoms with E-state index in [2.05, 4.69) is 10.00 Å². The second-order valence-corrected chi connectivity index (χ2v) is 5.64. The topological polar surface area (TPSA) is 38.1 Å². The lowest BCUT2D eigenvalue weighted by atomic mass is 9.94. The van der Waals surface area contributed by atoms with Gasteiger partial charge in [0, 0.05) is 18.6 Å². The normalized spacial score (nSPS) is 17.9. The first-order valence-corrected chi connectivity index (χ1v) is 7.07. The molecule has 1 unspecified atom stereocenters. The van der Waals surface area contributed by atoms with E-state index in [0.29, 0.717) is 10.7 Å². The summed E-state index contributed by atoms with van der Waals surface area (Å²) in [6.07, 6.45) is 2.67. The van der Waals surface area contributed by atoms with Crippen LogP contribution in [0.5, 0.6) is 0 Å². The van der Waals surface area contributed by atoms with Crippen LogP contribution >= 0.6 is 23.2 Å². The molecule has 2 aromatic rings. The summed E-state index contributed by atoms with van der Waals surface area (Å²) in [5.74, 6) is 0. The van der Waals surface area contributed by atoms with Crippen molar-refractivity contribution >= 4 is 28.9 Å². The van der Waals surface area contributed by atoms with Crippen LogP contribution in [0, 0.1) is 0 Å². The first-order chi connectivity index (χ1) is 9.58. The standard InChI is InChI=1S/C14H13Cl2N3O/c1-18-14(20)13(16)12(8-17-18)19-7-6-11(19)9-2-4-10(15)5-3-9/h2-5,8,11H,6-7H2,1H3. The lowest BCUT2D eigenvalue weighted by Gasteiger charge is -2.43. The van der Waals surface area contributed by atoms with Crippen LogP contribution in [-0.4, -0.2) is 16.3 Å². The van der Waals surface area contributed by atoms with E-state index in [-0.39, 0.29) is 16.6 Å². The van der Waals surface area contributed by atoms with Crippen molar-refractivity contribution in [3.8, 4) is 0 Å². The van der Waals surface area contributed by atoms with E-state index in [1.807, 2.05) is 24.3 Å². The summed E-state index contributed by atoms with van der Waals surface area (Å²) in [7, 11) is 1.59. The Morgan fingerprint density at radius 1 is 1.25 bits per heavy atom. The van der Waals surface area contributed by atoms with Gasteiger partial charge in [0.2, 0.25) is 0 Å². The molecule has 2 heterocycles. The molecule has 0 radical (unpaired) electrons. The van der Waals surface area contributed by atoms with E-state index < -0.39 is 0 Å². The Morgan fingerprint density at radius 2 is 1.95 bits per heavy atom. The molecule has 104 valence electrons. The number of nitrogens with zero attached hydrogens (tertiary/aromatic N) is 3. The Bertz CT molecular complexity index is 697. The predicted molar refractivity (Wildman–Crippen MR) is 80.6 cm³/mol. The fourth-order valence-corrected chi connectivity index (χ4v) is 2.82. The van der Waals surface area contributed by atoms with Gasteiger partial charge >= 0.3 is 0 Å². The Kier molecular flexibility index (Phi) is 3.44. The van der Waals surface area contributed by atoms with Crippen LogP contribution in [0.1, 0.15) is 18.0 Å². The zero-order chi connectivity index (χ0) is 14.3. The molecule has 1 aromatic heterocycles. The molecular weight excluding hydrogens is 297 g/mol. The third-order valence-corrected chi connectivity index (χ3v) is 4.25. The van der Waals surface area contributed by atoms with Crippen molar-refractivity contribution in [2.75, 3.05) is 11.4 Å². The predicted octanol–water partition coefficient (Wildman–Crippen LogP) is 3.04. The maximum Gasteiger partial charge on any atom is 0.287 e. The van der Waals surface area contributed by atoms with E-state index in [1.54, 1.807) is 13.2 Å². The molecule has 1 saturated heterocycles. The van der Waals surface area contributed by atoms with Gasteiger partial charge in [0.1, 0.15) is 5.02 Å². The molecule has 1 aromatic carbocycles. The summed E-state index contributed by atoms with van der Waals surface area (Å²) in [6.45, 7) is 0.863. The summed E-state index contributed by atoms with van der Waals surface area (Å²) >= 11 is 12.1. The average Bonchev–Trinajstić information content (AvgIpc) is 2.40. The van der Waals surface area contributed by atoms with Crippen molar-refractivity contribution in [1.29, 1.82) is 0 Å². The van der Waals surface area contributed by atoms with Gasteiger partial charge in [-0.25, -0.2) is 4.68 Å². The van der Waals surface area contributed by atoms with Crippen LogP contribution in [0.4, 0.5) is 5.69 Å². The fourth-order valence-electron chi connectivity index (χ4n) is 2.41. The molecule has 0 N–H and O–H groups in total.